The number of hydrogen-bond acceptors (Lipinski definition) is 2. The lowest BCUT2D eigenvalue weighted by atomic mass is 10.0. The molecule has 0 bridgehead atoms. The molecule has 0 radical (unpaired) electrons. The molecular formula is C14H25NO2. The number of nitrogens with zero attached hydrogens (tertiary/aromatic N) is 1. The number of amides is 1. The molecule has 0 aromatic heterocycles. The number of ketones is 1. The van der Waals surface area contributed by atoms with E-state index in [0.29, 0.717) is 24.5 Å². The van der Waals surface area contributed by atoms with Gasteiger partial charge in [0.15, 0.2) is 0 Å². The monoisotopic (exact) mass is 239 g/mol. The van der Waals surface area contributed by atoms with Crippen molar-refractivity contribution in [3.63, 3.8) is 0 Å². The Hall–Kier alpha value is -0.860. The van der Waals surface area contributed by atoms with E-state index >= 15 is 0 Å². The van der Waals surface area contributed by atoms with Crippen LogP contribution in [0.25, 0.3) is 0 Å². The van der Waals surface area contributed by atoms with Crippen molar-refractivity contribution in [2.45, 2.75) is 58.8 Å². The summed E-state index contributed by atoms with van der Waals surface area (Å²) in [6.07, 6.45) is 6.53. The number of likely N-dealkylation sites (tertiary alicyclic amines) is 1. The second-order valence-electron chi connectivity index (χ2n) is 5.27. The summed E-state index contributed by atoms with van der Waals surface area (Å²) in [6.45, 7) is 5.79. The number of rotatable bonds is 7. The molecule has 3 nitrogen and oxygen atoms in total. The molecule has 0 N–H and O–H groups in total. The summed E-state index contributed by atoms with van der Waals surface area (Å²) in [6, 6.07) is 0. The molecule has 1 saturated heterocycles. The van der Waals surface area contributed by atoms with Crippen LogP contribution in [0.15, 0.2) is 0 Å². The molecule has 0 spiro atoms. The molecule has 1 amide bonds. The molecule has 17 heavy (non-hydrogen) atoms. The van der Waals surface area contributed by atoms with Gasteiger partial charge < -0.3 is 4.90 Å². The predicted octanol–water partition coefficient (Wildman–Crippen LogP) is 2.78. The lowest BCUT2D eigenvalue weighted by Gasteiger charge is -2.14. The largest absolute Gasteiger partial charge is 0.343 e. The molecule has 0 aromatic rings. The van der Waals surface area contributed by atoms with Gasteiger partial charge in [0.05, 0.1) is 0 Å². The molecular weight excluding hydrogens is 214 g/mol. The number of Topliss-reactive ketones (excluding diaryl/α,β-unsaturated/α-hetero) is 1. The van der Waals surface area contributed by atoms with Crippen molar-refractivity contribution in [3.05, 3.63) is 0 Å². The van der Waals surface area contributed by atoms with Gasteiger partial charge in [-0.05, 0) is 25.7 Å². The van der Waals surface area contributed by atoms with E-state index in [-0.39, 0.29) is 5.92 Å². The Morgan fingerprint density at radius 2 is 1.59 bits per heavy atom. The molecule has 3 heteroatoms. The lowest BCUT2D eigenvalue weighted by molar-refractivity contribution is -0.130. The van der Waals surface area contributed by atoms with Gasteiger partial charge >= 0.3 is 0 Å². The maximum atomic E-state index is 11.7. The molecule has 0 saturated carbocycles. The first-order chi connectivity index (χ1) is 8.11. The van der Waals surface area contributed by atoms with Gasteiger partial charge in [0.25, 0.3) is 0 Å². The van der Waals surface area contributed by atoms with E-state index in [2.05, 4.69) is 0 Å². The van der Waals surface area contributed by atoms with E-state index in [1.54, 1.807) is 0 Å². The van der Waals surface area contributed by atoms with Crippen LogP contribution in [0.2, 0.25) is 0 Å². The first kappa shape index (κ1) is 14.2. The summed E-state index contributed by atoms with van der Waals surface area (Å²) in [4.78, 5) is 25.1. The second-order valence-corrected chi connectivity index (χ2v) is 5.27. The summed E-state index contributed by atoms with van der Waals surface area (Å²) >= 11 is 0. The van der Waals surface area contributed by atoms with E-state index < -0.39 is 0 Å². The Morgan fingerprint density at radius 3 is 2.18 bits per heavy atom. The average Bonchev–Trinajstić information content (AvgIpc) is 2.81. The molecule has 0 unspecified atom stereocenters. The molecule has 0 aliphatic carbocycles. The summed E-state index contributed by atoms with van der Waals surface area (Å²) in [7, 11) is 0. The quantitative estimate of drug-likeness (QED) is 0.641. The van der Waals surface area contributed by atoms with Crippen molar-refractivity contribution in [1.29, 1.82) is 0 Å². The summed E-state index contributed by atoms with van der Waals surface area (Å²) < 4.78 is 0. The Kier molecular flexibility index (Phi) is 6.23. The van der Waals surface area contributed by atoms with Gasteiger partial charge in [0.1, 0.15) is 5.78 Å². The third-order valence-electron chi connectivity index (χ3n) is 3.42. The van der Waals surface area contributed by atoms with Crippen molar-refractivity contribution in [3.8, 4) is 0 Å². The minimum absolute atomic E-state index is 0.154. The number of hydrogen-bond donors (Lipinski definition) is 0. The summed E-state index contributed by atoms with van der Waals surface area (Å²) in [5.41, 5.74) is 0. The minimum atomic E-state index is 0.154. The molecule has 1 rings (SSSR count). The Bertz CT molecular complexity index is 255. The highest BCUT2D eigenvalue weighted by Crippen LogP contribution is 2.12. The van der Waals surface area contributed by atoms with Crippen LogP contribution in [-0.2, 0) is 9.59 Å². The van der Waals surface area contributed by atoms with Gasteiger partial charge in [-0.1, -0.05) is 20.3 Å². The molecule has 0 aromatic carbocycles. The van der Waals surface area contributed by atoms with Crippen molar-refractivity contribution in [1.82, 2.24) is 4.90 Å². The highest BCUT2D eigenvalue weighted by Gasteiger charge is 2.16. The zero-order chi connectivity index (χ0) is 12.7. The van der Waals surface area contributed by atoms with Crippen LogP contribution >= 0.6 is 0 Å². The standard InChI is InChI=1S/C14H25NO2/c1-12(2)13(16)8-4-3-5-9-14(17)15-10-6-7-11-15/h12H,3-11H2,1-2H3. The van der Waals surface area contributed by atoms with Crippen molar-refractivity contribution >= 4 is 11.7 Å². The topological polar surface area (TPSA) is 37.4 Å². The van der Waals surface area contributed by atoms with Gasteiger partial charge in [-0.2, -0.15) is 0 Å². The first-order valence-corrected chi connectivity index (χ1v) is 6.91. The number of carbonyl (C=O) groups excluding carboxylic acids is 2. The molecule has 1 aliphatic rings. The van der Waals surface area contributed by atoms with Gasteiger partial charge in [-0.15, -0.1) is 0 Å². The van der Waals surface area contributed by atoms with E-state index in [9.17, 15) is 9.59 Å². The third kappa shape index (κ3) is 5.33. The lowest BCUT2D eigenvalue weighted by Crippen LogP contribution is -2.27. The normalized spacial score (nSPS) is 15.6. The van der Waals surface area contributed by atoms with Gasteiger partial charge in [0.2, 0.25) is 5.91 Å². The van der Waals surface area contributed by atoms with Gasteiger partial charge in [-0.25, -0.2) is 0 Å². The summed E-state index contributed by atoms with van der Waals surface area (Å²) in [5, 5.41) is 0. The minimum Gasteiger partial charge on any atom is -0.343 e. The summed E-state index contributed by atoms with van der Waals surface area (Å²) in [5.74, 6) is 0.801. The fourth-order valence-corrected chi connectivity index (χ4v) is 2.17. The highest BCUT2D eigenvalue weighted by molar-refractivity contribution is 5.80. The van der Waals surface area contributed by atoms with Crippen LogP contribution in [0.4, 0.5) is 0 Å². The van der Waals surface area contributed by atoms with Gasteiger partial charge in [-0.3, -0.25) is 9.59 Å². The molecule has 1 fully saturated rings. The van der Waals surface area contributed by atoms with Crippen LogP contribution in [0.1, 0.15) is 58.8 Å². The van der Waals surface area contributed by atoms with Crippen LogP contribution in [0.5, 0.6) is 0 Å². The first-order valence-electron chi connectivity index (χ1n) is 6.91. The van der Waals surface area contributed by atoms with Crippen molar-refractivity contribution in [2.75, 3.05) is 13.1 Å². The Balaban J connectivity index is 2.00. The second kappa shape index (κ2) is 7.46. The fraction of sp³-hybridized carbons (Fsp3) is 0.857. The Morgan fingerprint density at radius 1 is 1.00 bits per heavy atom. The SMILES string of the molecule is CC(C)C(=O)CCCCCC(=O)N1CCCC1. The van der Waals surface area contributed by atoms with Crippen LogP contribution in [0.3, 0.4) is 0 Å². The third-order valence-corrected chi connectivity index (χ3v) is 3.42. The molecule has 1 heterocycles. The van der Waals surface area contributed by atoms with Crippen LogP contribution in [0, 0.1) is 5.92 Å². The molecule has 98 valence electrons. The molecule has 1 aliphatic heterocycles. The van der Waals surface area contributed by atoms with E-state index in [4.69, 9.17) is 0 Å². The van der Waals surface area contributed by atoms with E-state index in [1.807, 2.05) is 18.7 Å². The van der Waals surface area contributed by atoms with Crippen molar-refractivity contribution < 1.29 is 9.59 Å². The van der Waals surface area contributed by atoms with Crippen LogP contribution < -0.4 is 0 Å². The van der Waals surface area contributed by atoms with Crippen LogP contribution in [-0.4, -0.2) is 29.7 Å². The maximum absolute atomic E-state index is 11.7. The van der Waals surface area contributed by atoms with Gasteiger partial charge in [0, 0.05) is 31.8 Å². The smallest absolute Gasteiger partial charge is 0.222 e. The van der Waals surface area contributed by atoms with Crippen molar-refractivity contribution in [2.24, 2.45) is 5.92 Å². The average molecular weight is 239 g/mol. The van der Waals surface area contributed by atoms with E-state index in [0.717, 1.165) is 45.2 Å². The zero-order valence-corrected chi connectivity index (χ0v) is 11.2. The highest BCUT2D eigenvalue weighted by atomic mass is 16.2. The fourth-order valence-electron chi connectivity index (χ4n) is 2.17. The maximum Gasteiger partial charge on any atom is 0.222 e. The Labute approximate surface area is 105 Å². The predicted molar refractivity (Wildman–Crippen MR) is 68.7 cm³/mol. The zero-order valence-electron chi connectivity index (χ0n) is 11.2. The number of carbonyl (C=O) groups is 2. The number of unbranched alkanes of at least 4 members (excludes halogenated alkanes) is 2. The molecule has 0 atom stereocenters. The van der Waals surface area contributed by atoms with E-state index in [1.165, 1.54) is 0 Å².